The molecule has 4 aromatic heterocycles. The summed E-state index contributed by atoms with van der Waals surface area (Å²) in [6.45, 7) is 3.28. The number of benzene rings is 2. The average Bonchev–Trinajstić information content (AvgIpc) is 4.19. The van der Waals surface area contributed by atoms with Crippen LogP contribution in [0.5, 0.6) is 23.3 Å². The minimum Gasteiger partial charge on any atom is -0.493 e. The number of likely N-dealkylation sites (tertiary alicyclic amines) is 2. The van der Waals surface area contributed by atoms with E-state index < -0.39 is 35.6 Å². The highest BCUT2D eigenvalue weighted by Gasteiger charge is 2.38. The number of halogens is 10. The number of rotatable bonds is 12. The number of aliphatic carboxylic acids is 1. The van der Waals surface area contributed by atoms with Crippen molar-refractivity contribution in [2.45, 2.75) is 43.5 Å². The minimum absolute atomic E-state index is 0.0575. The Kier molecular flexibility index (Phi) is 20.9. The summed E-state index contributed by atoms with van der Waals surface area (Å²) < 4.78 is 127. The molecule has 0 bridgehead atoms. The number of hydrogen-bond donors (Lipinski definition) is 5. The number of nitrogens with zero attached hydrogens (tertiary/aromatic N) is 8. The van der Waals surface area contributed by atoms with Crippen molar-refractivity contribution in [1.29, 1.82) is 0 Å². The third kappa shape index (κ3) is 17.5. The van der Waals surface area contributed by atoms with E-state index >= 15 is 0 Å². The zero-order valence-corrected chi connectivity index (χ0v) is 41.8. The molecule has 0 spiro atoms. The molecule has 4 amide bonds. The first-order chi connectivity index (χ1) is 35.0. The van der Waals surface area contributed by atoms with Crippen molar-refractivity contribution in [3.63, 3.8) is 0 Å². The molecule has 6 N–H and O–H groups in total. The highest BCUT2D eigenvalue weighted by atomic mass is 79.9. The van der Waals surface area contributed by atoms with Crippen molar-refractivity contribution in [3.8, 4) is 23.3 Å². The fourth-order valence-electron chi connectivity index (χ4n) is 6.41. The summed E-state index contributed by atoms with van der Waals surface area (Å²) in [5.74, 6) is -1.62. The summed E-state index contributed by atoms with van der Waals surface area (Å²) in [6, 6.07) is 9.26. The van der Waals surface area contributed by atoms with Gasteiger partial charge in [-0.15, -0.1) is 0 Å². The lowest BCUT2D eigenvalue weighted by Gasteiger charge is -2.17. The Morgan fingerprint density at radius 1 is 0.730 bits per heavy atom. The number of carbonyl (C=O) groups excluding carboxylic acids is 2. The summed E-state index contributed by atoms with van der Waals surface area (Å²) in [7, 11) is 3.01. The number of ether oxygens (including phenoxy) is 4. The number of alkyl halides is 10. The fourth-order valence-corrected chi connectivity index (χ4v) is 8.15. The Morgan fingerprint density at radius 2 is 1.19 bits per heavy atom. The molecule has 2 aliphatic heterocycles. The number of amides is 4. The molecule has 2 aliphatic rings. The molecule has 6 heterocycles. The Balaban J connectivity index is 0.000000209. The van der Waals surface area contributed by atoms with Crippen molar-refractivity contribution >= 4 is 87.6 Å². The molecule has 0 aliphatic carbocycles. The van der Waals surface area contributed by atoms with E-state index in [1.54, 1.807) is 9.80 Å². The Bertz CT molecular complexity index is 2810. The van der Waals surface area contributed by atoms with Gasteiger partial charge < -0.3 is 44.9 Å². The van der Waals surface area contributed by atoms with Crippen molar-refractivity contribution in [2.24, 2.45) is 5.73 Å². The molecule has 6 aromatic rings. The molecule has 20 nitrogen and oxygen atoms in total. The molecular weight excluding hydrogens is 1120 g/mol. The smallest absolute Gasteiger partial charge is 0.490 e. The molecule has 0 saturated carbocycles. The SMILES string of the molecule is COc1ncnc2sc(NC(=O)N3CC[C@@H](N)C3)nc12.COc1ncnc2sc(NC(=O)N3CC[C@@H](NCCOc4cccc(C(F)(F)F)c4)C3)nc12.FC(F)(F)c1cccc(OCCBr)c1.O=C(O)C(F)(F)F. The van der Waals surface area contributed by atoms with Crippen LogP contribution in [0.3, 0.4) is 0 Å². The van der Waals surface area contributed by atoms with E-state index in [-0.39, 0.29) is 42.3 Å². The van der Waals surface area contributed by atoms with Crippen LogP contribution in [0.1, 0.15) is 24.0 Å². The number of urea groups is 2. The van der Waals surface area contributed by atoms with Gasteiger partial charge in [0.1, 0.15) is 30.8 Å². The highest BCUT2D eigenvalue weighted by Crippen LogP contribution is 2.34. The molecule has 0 unspecified atom stereocenters. The van der Waals surface area contributed by atoms with Gasteiger partial charge in [-0.2, -0.15) is 49.5 Å². The number of thiazole rings is 2. The Hall–Kier alpha value is -6.64. The van der Waals surface area contributed by atoms with Gasteiger partial charge in [-0.05, 0) is 49.2 Å². The summed E-state index contributed by atoms with van der Waals surface area (Å²) in [5, 5.41) is 17.4. The number of carboxylic acids is 1. The van der Waals surface area contributed by atoms with Crippen LogP contribution in [0.25, 0.3) is 20.7 Å². The number of aromatic nitrogens is 6. The molecule has 402 valence electrons. The van der Waals surface area contributed by atoms with Crippen molar-refractivity contribution in [1.82, 2.24) is 45.0 Å². The van der Waals surface area contributed by atoms with Crippen LogP contribution in [-0.2, 0) is 17.1 Å². The maximum absolute atomic E-state index is 12.8. The van der Waals surface area contributed by atoms with Crippen LogP contribution in [-0.4, -0.2) is 147 Å². The predicted molar refractivity (Wildman–Crippen MR) is 255 cm³/mol. The zero-order chi connectivity index (χ0) is 54.2. The number of nitrogens with one attached hydrogen (secondary N) is 3. The largest absolute Gasteiger partial charge is 0.493 e. The average molecular weight is 1160 g/mol. The van der Waals surface area contributed by atoms with E-state index in [1.807, 2.05) is 0 Å². The van der Waals surface area contributed by atoms with E-state index in [4.69, 9.17) is 34.6 Å². The van der Waals surface area contributed by atoms with Crippen LogP contribution in [0.2, 0.25) is 0 Å². The van der Waals surface area contributed by atoms with Crippen LogP contribution >= 0.6 is 38.6 Å². The molecule has 2 aromatic carbocycles. The number of hydrogen-bond acceptors (Lipinski definition) is 17. The van der Waals surface area contributed by atoms with Gasteiger partial charge in [0.2, 0.25) is 11.8 Å². The number of anilines is 2. The maximum Gasteiger partial charge on any atom is 0.490 e. The number of nitrogens with two attached hydrogens (primary N) is 1. The van der Waals surface area contributed by atoms with Gasteiger partial charge in [0, 0.05) is 50.1 Å². The second kappa shape index (κ2) is 26.5. The van der Waals surface area contributed by atoms with Crippen LogP contribution in [0, 0.1) is 0 Å². The topological polar surface area (TPSA) is 254 Å². The summed E-state index contributed by atoms with van der Waals surface area (Å²) in [4.78, 5) is 63.0. The molecule has 2 fully saturated rings. The standard InChI is InChI=1S/C20H21F3N6O3S.C11H14N6O2S.C9H8BrF3O.C2HF3O2/c1-31-16-15-17(26-11-25-16)33-18(27-15)28-19(30)29-7-5-13(10-29)24-6-8-32-14-4-2-3-12(9-14)20(21,22)23;1-19-8-7-9(14-5-13-8)20-10(15-7)16-11(18)17-3-2-6(12)4-17;10-4-5-14-8-3-1-2-7(6-8)9(11,12)13;3-2(4,5)1(6)7/h2-4,9,11,13,24H,5-8,10H2,1H3,(H,27,28,30);5-6H,2-4,12H2,1H3,(H,15,16,18);1-3,6H,4-5H2;(H,6,7)/t13-;6-;;/m11../s1. The van der Waals surface area contributed by atoms with Gasteiger partial charge in [-0.3, -0.25) is 10.6 Å². The van der Waals surface area contributed by atoms with Gasteiger partial charge >= 0.3 is 36.6 Å². The Morgan fingerprint density at radius 3 is 1.61 bits per heavy atom. The lowest BCUT2D eigenvalue weighted by atomic mass is 10.2. The van der Waals surface area contributed by atoms with E-state index in [0.29, 0.717) is 87.4 Å². The number of fused-ring (bicyclic) bond motifs is 2. The maximum atomic E-state index is 12.8. The number of methoxy groups -OCH3 is 2. The van der Waals surface area contributed by atoms with E-state index in [0.717, 1.165) is 37.1 Å². The van der Waals surface area contributed by atoms with Gasteiger partial charge in [0.15, 0.2) is 31.0 Å². The monoisotopic (exact) mass is 1160 g/mol. The zero-order valence-electron chi connectivity index (χ0n) is 38.6. The quantitative estimate of drug-likeness (QED) is 0.0440. The fraction of sp³-hybridized carbons (Fsp3) is 0.405. The highest BCUT2D eigenvalue weighted by molar-refractivity contribution is 9.09. The van der Waals surface area contributed by atoms with Gasteiger partial charge in [-0.25, -0.2) is 34.3 Å². The molecule has 2 atom stereocenters. The molecule has 8 rings (SSSR count). The predicted octanol–water partition coefficient (Wildman–Crippen LogP) is 8.16. The Labute approximate surface area is 429 Å². The normalized spacial score (nSPS) is 15.5. The molecule has 32 heteroatoms. The molecule has 0 radical (unpaired) electrons. The molecule has 2 saturated heterocycles. The first kappa shape index (κ1) is 58.3. The van der Waals surface area contributed by atoms with Crippen molar-refractivity contribution in [2.75, 3.05) is 76.1 Å². The van der Waals surface area contributed by atoms with Crippen LogP contribution in [0.4, 0.5) is 59.4 Å². The molecule has 74 heavy (non-hydrogen) atoms. The van der Waals surface area contributed by atoms with E-state index in [1.165, 1.54) is 73.8 Å². The van der Waals surface area contributed by atoms with E-state index in [2.05, 4.69) is 61.8 Å². The minimum atomic E-state index is -5.08. The summed E-state index contributed by atoms with van der Waals surface area (Å²) >= 11 is 5.63. The van der Waals surface area contributed by atoms with Gasteiger partial charge in [0.05, 0.1) is 32.0 Å². The second-order valence-electron chi connectivity index (χ2n) is 15.1. The van der Waals surface area contributed by atoms with Crippen molar-refractivity contribution < 1.29 is 78.0 Å². The van der Waals surface area contributed by atoms with E-state index in [9.17, 15) is 49.1 Å². The van der Waals surface area contributed by atoms with Crippen LogP contribution in [0.15, 0.2) is 61.2 Å². The van der Waals surface area contributed by atoms with Gasteiger partial charge in [0.25, 0.3) is 0 Å². The number of carbonyl (C=O) groups is 3. The second-order valence-corrected chi connectivity index (χ2v) is 17.8. The summed E-state index contributed by atoms with van der Waals surface area (Å²) in [5.41, 5.74) is 5.39. The third-order valence-corrected chi connectivity index (χ3v) is 11.9. The number of carboxylic acid groups (broad SMARTS) is 1. The van der Waals surface area contributed by atoms with Crippen LogP contribution < -0.4 is 40.6 Å². The first-order valence-corrected chi connectivity index (χ1v) is 24.1. The summed E-state index contributed by atoms with van der Waals surface area (Å²) in [6.07, 6.45) is -9.45. The lowest BCUT2D eigenvalue weighted by molar-refractivity contribution is -0.192. The lowest BCUT2D eigenvalue weighted by Crippen LogP contribution is -2.38. The van der Waals surface area contributed by atoms with Gasteiger partial charge in [-0.1, -0.05) is 50.7 Å². The third-order valence-electron chi connectivity index (χ3n) is 9.84. The molecular formula is C42H44BrF9N12O8S2. The van der Waals surface area contributed by atoms with Crippen molar-refractivity contribution in [3.05, 3.63) is 72.3 Å². The first-order valence-electron chi connectivity index (χ1n) is 21.4.